The highest BCUT2D eigenvalue weighted by molar-refractivity contribution is 6.10. The third-order valence-corrected chi connectivity index (χ3v) is 6.82. The number of piperidine rings is 1. The third-order valence-electron chi connectivity index (χ3n) is 6.82. The van der Waals surface area contributed by atoms with Crippen molar-refractivity contribution in [2.75, 3.05) is 33.9 Å². The van der Waals surface area contributed by atoms with E-state index in [0.29, 0.717) is 31.0 Å². The number of methoxy groups -OCH3 is 1. The van der Waals surface area contributed by atoms with Gasteiger partial charge in [-0.15, -0.1) is 0 Å². The summed E-state index contributed by atoms with van der Waals surface area (Å²) in [5.74, 6) is -0.385. The summed E-state index contributed by atoms with van der Waals surface area (Å²) in [4.78, 5) is 41.9. The Hall–Kier alpha value is -3.42. The number of para-hydroxylation sites is 1. The molecule has 2 aliphatic rings. The molecule has 2 fully saturated rings. The molecule has 34 heavy (non-hydrogen) atoms. The van der Waals surface area contributed by atoms with Crippen molar-refractivity contribution in [3.8, 4) is 11.5 Å². The molecule has 2 unspecified atom stereocenters. The van der Waals surface area contributed by atoms with E-state index in [-0.39, 0.29) is 42.2 Å². The van der Waals surface area contributed by atoms with Crippen LogP contribution >= 0.6 is 0 Å². The van der Waals surface area contributed by atoms with E-state index < -0.39 is 11.2 Å². The fraction of sp³-hybridized carbons (Fsp3) is 0.423. The number of hydrogen-bond acceptors (Lipinski definition) is 5. The number of halogens is 1. The molecule has 0 aromatic heterocycles. The minimum Gasteiger partial charge on any atom is -0.497 e. The maximum atomic E-state index is 13.9. The second-order valence-electron chi connectivity index (χ2n) is 9.01. The largest absolute Gasteiger partial charge is 0.497 e. The molecule has 2 atom stereocenters. The number of carbonyl (C=O) groups excluding carboxylic acids is 3. The van der Waals surface area contributed by atoms with Gasteiger partial charge < -0.3 is 14.4 Å². The van der Waals surface area contributed by atoms with Gasteiger partial charge in [-0.2, -0.15) is 0 Å². The van der Waals surface area contributed by atoms with E-state index in [4.69, 9.17) is 9.47 Å². The molecule has 0 saturated carbocycles. The van der Waals surface area contributed by atoms with Crippen LogP contribution in [0.2, 0.25) is 0 Å². The van der Waals surface area contributed by atoms with E-state index in [1.807, 2.05) is 0 Å². The van der Waals surface area contributed by atoms with Crippen LogP contribution in [0.4, 0.5) is 4.39 Å². The zero-order valence-electron chi connectivity index (χ0n) is 19.5. The van der Waals surface area contributed by atoms with E-state index in [1.54, 1.807) is 54.5 Å². The smallest absolute Gasteiger partial charge is 0.240 e. The van der Waals surface area contributed by atoms with Crippen LogP contribution in [0.1, 0.15) is 31.2 Å². The summed E-state index contributed by atoms with van der Waals surface area (Å²) in [6.07, 6.45) is 1.52. The number of hydrogen-bond donors (Lipinski definition) is 0. The molecule has 0 N–H and O–H groups in total. The van der Waals surface area contributed by atoms with Gasteiger partial charge in [0.2, 0.25) is 17.7 Å². The summed E-state index contributed by atoms with van der Waals surface area (Å²) in [6.45, 7) is 1.34. The molecule has 2 aliphatic heterocycles. The van der Waals surface area contributed by atoms with Crippen LogP contribution < -0.4 is 9.47 Å². The molecule has 180 valence electrons. The van der Waals surface area contributed by atoms with Crippen molar-refractivity contribution in [3.63, 3.8) is 0 Å². The molecule has 4 rings (SSSR count). The van der Waals surface area contributed by atoms with Crippen molar-refractivity contribution < 1.29 is 28.2 Å². The minimum absolute atomic E-state index is 0.0476. The van der Waals surface area contributed by atoms with Crippen LogP contribution in [0.5, 0.6) is 11.5 Å². The zero-order chi connectivity index (χ0) is 24.3. The average Bonchev–Trinajstić information content (AvgIpc) is 3.07. The first-order chi connectivity index (χ1) is 16.3. The molecule has 8 heteroatoms. The molecule has 2 aromatic carbocycles. The van der Waals surface area contributed by atoms with Gasteiger partial charge in [-0.25, -0.2) is 4.39 Å². The van der Waals surface area contributed by atoms with Gasteiger partial charge in [-0.1, -0.05) is 24.3 Å². The number of carbonyl (C=O) groups is 3. The Labute approximate surface area is 198 Å². The fourth-order valence-electron chi connectivity index (χ4n) is 4.83. The number of likely N-dealkylation sites (N-methyl/N-ethyl adjacent to an activating group) is 1. The van der Waals surface area contributed by atoms with E-state index in [1.165, 1.54) is 13.1 Å². The number of imide groups is 1. The summed E-state index contributed by atoms with van der Waals surface area (Å²) in [7, 11) is 3.01. The van der Waals surface area contributed by atoms with Gasteiger partial charge in [0.25, 0.3) is 0 Å². The van der Waals surface area contributed by atoms with Gasteiger partial charge in [-0.3, -0.25) is 19.3 Å². The molecule has 0 bridgehead atoms. The number of benzene rings is 2. The number of ether oxygens (including phenoxy) is 2. The first-order valence-electron chi connectivity index (χ1n) is 11.4. The van der Waals surface area contributed by atoms with Crippen molar-refractivity contribution in [3.05, 3.63) is 59.9 Å². The molecule has 3 amide bonds. The summed E-state index contributed by atoms with van der Waals surface area (Å²) in [5, 5.41) is 0. The Kier molecular flexibility index (Phi) is 6.86. The molecule has 7 nitrogen and oxygen atoms in total. The highest BCUT2D eigenvalue weighted by Crippen LogP contribution is 2.40. The SMILES string of the molecule is COc1ccc(C2(CC(=O)N3CCCC(COc4ccccc4F)C3)CC(=O)N(C)C2=O)cc1. The average molecular weight is 469 g/mol. The Morgan fingerprint density at radius 1 is 1.15 bits per heavy atom. The van der Waals surface area contributed by atoms with Crippen LogP contribution in [0, 0.1) is 11.7 Å². The standard InChI is InChI=1S/C26H29FN2O5/c1-28-23(30)14-26(25(28)32,19-9-11-20(33-2)12-10-19)15-24(31)29-13-5-6-18(16-29)17-34-22-8-4-3-7-21(22)27/h3-4,7-12,18H,5-6,13-17H2,1-2H3. The van der Waals surface area contributed by atoms with E-state index in [9.17, 15) is 18.8 Å². The van der Waals surface area contributed by atoms with Gasteiger partial charge in [0.15, 0.2) is 11.6 Å². The Balaban J connectivity index is 1.48. The Morgan fingerprint density at radius 2 is 1.88 bits per heavy atom. The highest BCUT2D eigenvalue weighted by Gasteiger charge is 2.53. The fourth-order valence-corrected chi connectivity index (χ4v) is 4.83. The Bertz CT molecular complexity index is 1070. The lowest BCUT2D eigenvalue weighted by Crippen LogP contribution is -2.46. The van der Waals surface area contributed by atoms with E-state index in [2.05, 4.69) is 0 Å². The number of rotatable bonds is 7. The zero-order valence-corrected chi connectivity index (χ0v) is 19.5. The predicted molar refractivity (Wildman–Crippen MR) is 123 cm³/mol. The monoisotopic (exact) mass is 468 g/mol. The van der Waals surface area contributed by atoms with Gasteiger partial charge in [-0.05, 0) is 42.7 Å². The topological polar surface area (TPSA) is 76.2 Å². The van der Waals surface area contributed by atoms with Crippen molar-refractivity contribution >= 4 is 17.7 Å². The van der Waals surface area contributed by atoms with Crippen molar-refractivity contribution in [2.24, 2.45) is 5.92 Å². The quantitative estimate of drug-likeness (QED) is 0.584. The first kappa shape index (κ1) is 23.7. The second-order valence-corrected chi connectivity index (χ2v) is 9.01. The molecule has 0 spiro atoms. The molecule has 2 aromatic rings. The maximum Gasteiger partial charge on any atom is 0.240 e. The molecule has 0 aliphatic carbocycles. The highest BCUT2D eigenvalue weighted by atomic mass is 19.1. The normalized spacial score (nSPS) is 22.7. The maximum absolute atomic E-state index is 13.9. The van der Waals surface area contributed by atoms with Crippen molar-refractivity contribution in [1.82, 2.24) is 9.80 Å². The molecular formula is C26H29FN2O5. The second kappa shape index (κ2) is 9.83. The van der Waals surface area contributed by atoms with Gasteiger partial charge in [0.05, 0.1) is 19.1 Å². The Morgan fingerprint density at radius 3 is 2.53 bits per heavy atom. The van der Waals surface area contributed by atoms with Crippen LogP contribution in [0.15, 0.2) is 48.5 Å². The lowest BCUT2D eigenvalue weighted by Gasteiger charge is -2.35. The van der Waals surface area contributed by atoms with Crippen LogP contribution in [0.25, 0.3) is 0 Å². The lowest BCUT2D eigenvalue weighted by atomic mass is 9.75. The van der Waals surface area contributed by atoms with Gasteiger partial charge in [0.1, 0.15) is 5.75 Å². The summed E-state index contributed by atoms with van der Waals surface area (Å²) in [5.41, 5.74) is -0.605. The molecule has 0 radical (unpaired) electrons. The third kappa shape index (κ3) is 4.62. The first-order valence-corrected chi connectivity index (χ1v) is 11.4. The predicted octanol–water partition coefficient (Wildman–Crippen LogP) is 3.17. The van der Waals surface area contributed by atoms with Crippen molar-refractivity contribution in [2.45, 2.75) is 31.1 Å². The van der Waals surface area contributed by atoms with Crippen molar-refractivity contribution in [1.29, 1.82) is 0 Å². The van der Waals surface area contributed by atoms with Gasteiger partial charge >= 0.3 is 0 Å². The minimum atomic E-state index is -1.23. The van der Waals surface area contributed by atoms with E-state index in [0.717, 1.165) is 17.7 Å². The van der Waals surface area contributed by atoms with Crippen LogP contribution in [-0.4, -0.2) is 61.4 Å². The van der Waals surface area contributed by atoms with Crippen LogP contribution in [-0.2, 0) is 19.8 Å². The molecular weight excluding hydrogens is 439 g/mol. The number of likely N-dealkylation sites (tertiary alicyclic amines) is 2. The number of amides is 3. The number of nitrogens with zero attached hydrogens (tertiary/aromatic N) is 2. The summed E-state index contributed by atoms with van der Waals surface area (Å²) in [6, 6.07) is 13.2. The summed E-state index contributed by atoms with van der Waals surface area (Å²) < 4.78 is 24.7. The van der Waals surface area contributed by atoms with Crippen LogP contribution in [0.3, 0.4) is 0 Å². The molecule has 2 saturated heterocycles. The molecule has 2 heterocycles. The summed E-state index contributed by atoms with van der Waals surface area (Å²) >= 11 is 0. The lowest BCUT2D eigenvalue weighted by molar-refractivity contribution is -0.142. The van der Waals surface area contributed by atoms with Gasteiger partial charge in [0, 0.05) is 38.9 Å². The van der Waals surface area contributed by atoms with E-state index >= 15 is 0 Å².